The first-order chi connectivity index (χ1) is 16.8. The Morgan fingerprint density at radius 1 is 1.06 bits per heavy atom. The molecule has 6 nitrogen and oxygen atoms in total. The minimum atomic E-state index is -0.429. The lowest BCUT2D eigenvalue weighted by atomic mass is 10.00. The van der Waals surface area contributed by atoms with E-state index in [0.717, 1.165) is 51.3 Å². The van der Waals surface area contributed by atoms with Gasteiger partial charge in [-0.05, 0) is 85.1 Å². The topological polar surface area (TPSA) is 62.6 Å². The lowest BCUT2D eigenvalue weighted by Gasteiger charge is -2.29. The van der Waals surface area contributed by atoms with Gasteiger partial charge in [-0.25, -0.2) is 0 Å². The zero-order valence-corrected chi connectivity index (χ0v) is 21.0. The highest BCUT2D eigenvalue weighted by Gasteiger charge is 2.37. The molecule has 178 valence electrons. The van der Waals surface area contributed by atoms with Crippen LogP contribution in [0, 0.1) is 13.8 Å². The Labute approximate surface area is 213 Å². The third-order valence-corrected chi connectivity index (χ3v) is 7.65. The van der Waals surface area contributed by atoms with Crippen LogP contribution in [-0.2, 0) is 22.6 Å². The Morgan fingerprint density at radius 2 is 1.77 bits per heavy atom. The van der Waals surface area contributed by atoms with Gasteiger partial charge in [-0.1, -0.05) is 35.9 Å². The van der Waals surface area contributed by atoms with Crippen molar-refractivity contribution in [2.45, 2.75) is 26.8 Å². The molecule has 0 unspecified atom stereocenters. The number of rotatable bonds is 4. The number of thioether (sulfide) groups is 1. The molecule has 1 saturated heterocycles. The lowest BCUT2D eigenvalue weighted by Crippen LogP contribution is -2.44. The second kappa shape index (κ2) is 9.40. The van der Waals surface area contributed by atoms with Gasteiger partial charge in [0, 0.05) is 35.2 Å². The Bertz CT molecular complexity index is 1380. The van der Waals surface area contributed by atoms with E-state index in [1.165, 1.54) is 5.56 Å². The summed E-state index contributed by atoms with van der Waals surface area (Å²) < 4.78 is 2.07. The number of hydrogen-bond acceptors (Lipinski definition) is 4. The van der Waals surface area contributed by atoms with Gasteiger partial charge in [0.25, 0.3) is 11.1 Å². The molecule has 8 heteroatoms. The maximum absolute atomic E-state index is 13.1. The summed E-state index contributed by atoms with van der Waals surface area (Å²) in [5, 5.41) is 0.243. The summed E-state index contributed by atoms with van der Waals surface area (Å²) in [4.78, 5) is 41.8. The number of aryl methyl sites for hydroxylation is 1. The summed E-state index contributed by atoms with van der Waals surface area (Å²) in [5.41, 5.74) is 6.10. The number of nitrogens with zero attached hydrogens (tertiary/aromatic N) is 3. The molecule has 3 aromatic rings. The van der Waals surface area contributed by atoms with Gasteiger partial charge in [0.15, 0.2) is 0 Å². The normalized spacial score (nSPS) is 16.8. The summed E-state index contributed by atoms with van der Waals surface area (Å²) in [6, 6.07) is 17.6. The van der Waals surface area contributed by atoms with E-state index in [4.69, 9.17) is 11.6 Å². The van der Waals surface area contributed by atoms with Crippen LogP contribution in [0.4, 0.5) is 4.79 Å². The first-order valence-corrected chi connectivity index (χ1v) is 12.6. The van der Waals surface area contributed by atoms with Gasteiger partial charge in [-0.15, -0.1) is 0 Å². The number of halogens is 1. The van der Waals surface area contributed by atoms with E-state index >= 15 is 0 Å². The molecule has 2 aliphatic heterocycles. The molecule has 1 aromatic heterocycles. The Balaban J connectivity index is 1.33. The van der Waals surface area contributed by atoms with Crippen LogP contribution >= 0.6 is 23.4 Å². The van der Waals surface area contributed by atoms with E-state index in [1.54, 1.807) is 11.0 Å². The van der Waals surface area contributed by atoms with E-state index in [9.17, 15) is 14.4 Å². The number of benzene rings is 2. The summed E-state index contributed by atoms with van der Waals surface area (Å²) in [7, 11) is 0. The van der Waals surface area contributed by atoms with Crippen LogP contribution in [0.3, 0.4) is 0 Å². The van der Waals surface area contributed by atoms with Crippen LogP contribution in [0.15, 0.2) is 59.5 Å². The number of amides is 3. The molecule has 0 radical (unpaired) electrons. The number of carbonyl (C=O) groups is 3. The second-order valence-electron chi connectivity index (χ2n) is 8.74. The van der Waals surface area contributed by atoms with E-state index in [2.05, 4.69) is 10.6 Å². The van der Waals surface area contributed by atoms with Crippen molar-refractivity contribution in [1.82, 2.24) is 14.4 Å². The van der Waals surface area contributed by atoms with Gasteiger partial charge in [0.05, 0.1) is 4.91 Å². The number of fused-ring (bicyclic) bond motifs is 1. The largest absolute Gasteiger partial charge is 0.336 e. The Kier molecular flexibility index (Phi) is 6.30. The van der Waals surface area contributed by atoms with Gasteiger partial charge in [-0.3, -0.25) is 19.3 Å². The number of aromatic nitrogens is 1. The zero-order valence-electron chi connectivity index (χ0n) is 19.5. The first kappa shape index (κ1) is 23.5. The van der Waals surface area contributed by atoms with Crippen molar-refractivity contribution in [2.75, 3.05) is 13.1 Å². The summed E-state index contributed by atoms with van der Waals surface area (Å²) in [5.74, 6) is -0.647. The molecule has 0 atom stereocenters. The molecule has 0 aliphatic carbocycles. The predicted octanol–water partition coefficient (Wildman–Crippen LogP) is 5.37. The van der Waals surface area contributed by atoms with Crippen LogP contribution in [0.5, 0.6) is 0 Å². The number of carbonyl (C=O) groups excluding carboxylic acids is 3. The summed E-state index contributed by atoms with van der Waals surface area (Å²) in [6.45, 7) is 4.79. The second-order valence-corrected chi connectivity index (χ2v) is 10.2. The van der Waals surface area contributed by atoms with Gasteiger partial charge in [0.1, 0.15) is 6.54 Å². The maximum atomic E-state index is 13.1. The van der Waals surface area contributed by atoms with Crippen LogP contribution in [0.1, 0.15) is 28.1 Å². The van der Waals surface area contributed by atoms with Crippen molar-refractivity contribution in [3.8, 4) is 5.69 Å². The predicted molar refractivity (Wildman–Crippen MR) is 138 cm³/mol. The average molecular weight is 506 g/mol. The number of hydrogen-bond donors (Lipinski definition) is 0. The van der Waals surface area contributed by atoms with Gasteiger partial charge in [0.2, 0.25) is 5.91 Å². The molecule has 3 heterocycles. The van der Waals surface area contributed by atoms with Crippen molar-refractivity contribution >= 4 is 46.5 Å². The minimum absolute atomic E-state index is 0.219. The van der Waals surface area contributed by atoms with Crippen LogP contribution in [0.2, 0.25) is 5.02 Å². The lowest BCUT2D eigenvalue weighted by molar-refractivity contribution is -0.136. The van der Waals surface area contributed by atoms with E-state index in [-0.39, 0.29) is 12.5 Å². The Hall–Kier alpha value is -3.29. The van der Waals surface area contributed by atoms with Crippen molar-refractivity contribution in [3.63, 3.8) is 0 Å². The average Bonchev–Trinajstić information content (AvgIpc) is 3.28. The van der Waals surface area contributed by atoms with Crippen LogP contribution < -0.4 is 0 Å². The highest BCUT2D eigenvalue weighted by atomic mass is 35.5. The SMILES string of the molecule is Cc1cc(/C=C2/SC(=O)N(CC(=O)N3CCc4ccccc4C3)C2=O)c(C)n1-c1ccc(Cl)cc1. The van der Waals surface area contributed by atoms with Gasteiger partial charge >= 0.3 is 0 Å². The van der Waals surface area contributed by atoms with E-state index < -0.39 is 11.1 Å². The van der Waals surface area contributed by atoms with Gasteiger partial charge in [-0.2, -0.15) is 0 Å². The fraction of sp³-hybridized carbons (Fsp3) is 0.222. The standard InChI is InChI=1S/C27H24ClN3O3S/c1-17-13-21(18(2)31(17)23-9-7-22(28)8-10-23)14-24-26(33)30(27(34)35-24)16-25(32)29-12-11-19-5-3-4-6-20(19)15-29/h3-10,13-14H,11-12,15-16H2,1-2H3/b24-14+. The molecule has 1 fully saturated rings. The first-order valence-electron chi connectivity index (χ1n) is 11.4. The number of imide groups is 1. The maximum Gasteiger partial charge on any atom is 0.294 e. The minimum Gasteiger partial charge on any atom is -0.336 e. The molecular formula is C27H24ClN3O3S. The molecule has 2 aromatic carbocycles. The van der Waals surface area contributed by atoms with Crippen molar-refractivity contribution in [2.24, 2.45) is 0 Å². The van der Waals surface area contributed by atoms with Crippen molar-refractivity contribution < 1.29 is 14.4 Å². The zero-order chi connectivity index (χ0) is 24.7. The highest BCUT2D eigenvalue weighted by Crippen LogP contribution is 2.34. The molecule has 2 aliphatic rings. The Morgan fingerprint density at radius 3 is 2.51 bits per heavy atom. The van der Waals surface area contributed by atoms with Crippen molar-refractivity contribution in [3.05, 3.63) is 92.6 Å². The highest BCUT2D eigenvalue weighted by molar-refractivity contribution is 8.18. The fourth-order valence-corrected chi connectivity index (χ4v) is 5.60. The van der Waals surface area contributed by atoms with Crippen molar-refractivity contribution in [1.29, 1.82) is 0 Å². The molecular weight excluding hydrogens is 482 g/mol. The third-order valence-electron chi connectivity index (χ3n) is 6.49. The van der Waals surface area contributed by atoms with Gasteiger partial charge < -0.3 is 9.47 Å². The summed E-state index contributed by atoms with van der Waals surface area (Å²) >= 11 is 6.90. The summed E-state index contributed by atoms with van der Waals surface area (Å²) in [6.07, 6.45) is 2.51. The molecule has 0 N–H and O–H groups in total. The molecule has 5 rings (SSSR count). The monoisotopic (exact) mass is 505 g/mol. The molecule has 0 saturated carbocycles. The smallest absolute Gasteiger partial charge is 0.294 e. The molecule has 35 heavy (non-hydrogen) atoms. The quantitative estimate of drug-likeness (QED) is 0.447. The fourth-order valence-electron chi connectivity index (χ4n) is 4.64. The third kappa shape index (κ3) is 4.54. The molecule has 0 bridgehead atoms. The molecule has 3 amide bonds. The molecule has 0 spiro atoms. The van der Waals surface area contributed by atoms with Crippen LogP contribution in [-0.4, -0.2) is 44.5 Å². The van der Waals surface area contributed by atoms with E-state index in [0.29, 0.717) is 23.0 Å². The van der Waals surface area contributed by atoms with Crippen LogP contribution in [0.25, 0.3) is 11.8 Å². The van der Waals surface area contributed by atoms with E-state index in [1.807, 2.05) is 62.4 Å².